The second-order valence-electron chi connectivity index (χ2n) is 3.88. The summed E-state index contributed by atoms with van der Waals surface area (Å²) < 4.78 is 0.899. The van der Waals surface area contributed by atoms with Crippen LogP contribution in [-0.4, -0.2) is 20.1 Å². The maximum Gasteiger partial charge on any atom is 0.315 e. The number of fused-ring (bicyclic) bond motifs is 1. The van der Waals surface area contributed by atoms with Crippen molar-refractivity contribution in [2.24, 2.45) is 0 Å². The highest BCUT2D eigenvalue weighted by Gasteiger charge is 2.13. The molecular weight excluding hydrogens is 330 g/mol. The van der Waals surface area contributed by atoms with Crippen LogP contribution in [0.2, 0.25) is 5.15 Å². The normalized spacial score (nSPS) is 10.8. The van der Waals surface area contributed by atoms with Crippen molar-refractivity contribution in [3.63, 3.8) is 0 Å². The molecule has 3 aromatic rings. The molecule has 0 radical (unpaired) electrons. The highest BCUT2D eigenvalue weighted by molar-refractivity contribution is 9.10. The van der Waals surface area contributed by atoms with Crippen molar-refractivity contribution < 1.29 is 5.11 Å². The number of pyridine rings is 1. The molecule has 0 unspecified atom stereocenters. The minimum Gasteiger partial charge on any atom is -0.479 e. The topological polar surface area (TPSA) is 58.9 Å². The van der Waals surface area contributed by atoms with Crippen molar-refractivity contribution in [2.45, 2.75) is 0 Å². The van der Waals surface area contributed by atoms with Crippen LogP contribution < -0.4 is 0 Å². The third-order valence-corrected chi connectivity index (χ3v) is 3.45. The van der Waals surface area contributed by atoms with Gasteiger partial charge < -0.3 is 5.11 Å². The van der Waals surface area contributed by atoms with Gasteiger partial charge in [0.15, 0.2) is 0 Å². The molecule has 0 aliphatic rings. The van der Waals surface area contributed by atoms with Crippen molar-refractivity contribution in [3.8, 4) is 17.3 Å². The van der Waals surface area contributed by atoms with Crippen LogP contribution in [0.3, 0.4) is 0 Å². The molecule has 0 atom stereocenters. The van der Waals surface area contributed by atoms with Crippen molar-refractivity contribution >= 4 is 38.4 Å². The van der Waals surface area contributed by atoms with E-state index in [0.717, 1.165) is 9.86 Å². The van der Waals surface area contributed by atoms with Crippen LogP contribution in [0.25, 0.3) is 22.2 Å². The second kappa shape index (κ2) is 4.75. The molecule has 4 nitrogen and oxygen atoms in total. The van der Waals surface area contributed by atoms with Gasteiger partial charge in [0.05, 0.1) is 11.2 Å². The fourth-order valence-corrected chi connectivity index (χ4v) is 2.43. The van der Waals surface area contributed by atoms with Gasteiger partial charge in [-0.3, -0.25) is 0 Å². The molecule has 0 amide bonds. The van der Waals surface area contributed by atoms with Crippen LogP contribution in [0.1, 0.15) is 0 Å². The zero-order valence-electron chi connectivity index (χ0n) is 9.51. The van der Waals surface area contributed by atoms with Crippen LogP contribution in [0.4, 0.5) is 0 Å². The smallest absolute Gasteiger partial charge is 0.315 e. The Morgan fingerprint density at radius 2 is 2.00 bits per heavy atom. The SMILES string of the molecule is Oc1nc(-c2cccnc2Cl)c2cc(Br)ccc2n1. The number of hydrogen-bond acceptors (Lipinski definition) is 4. The molecule has 0 saturated heterocycles. The first kappa shape index (κ1) is 12.3. The van der Waals surface area contributed by atoms with E-state index in [1.807, 2.05) is 12.1 Å². The third kappa shape index (κ3) is 2.27. The quantitative estimate of drug-likeness (QED) is 0.686. The molecule has 94 valence electrons. The molecular formula is C13H7BrClN3O. The molecule has 6 heteroatoms. The van der Waals surface area contributed by atoms with Crippen LogP contribution in [0.15, 0.2) is 41.0 Å². The summed E-state index contributed by atoms with van der Waals surface area (Å²) in [5.41, 5.74) is 1.86. The lowest BCUT2D eigenvalue weighted by Gasteiger charge is -2.07. The van der Waals surface area contributed by atoms with E-state index in [0.29, 0.717) is 21.9 Å². The molecule has 1 N–H and O–H groups in total. The summed E-state index contributed by atoms with van der Waals surface area (Å²) >= 11 is 9.50. The number of hydrogen-bond donors (Lipinski definition) is 1. The average molecular weight is 337 g/mol. The van der Waals surface area contributed by atoms with Gasteiger partial charge in [-0.05, 0) is 30.3 Å². The van der Waals surface area contributed by atoms with E-state index in [1.54, 1.807) is 24.4 Å². The Morgan fingerprint density at radius 3 is 2.79 bits per heavy atom. The van der Waals surface area contributed by atoms with E-state index in [2.05, 4.69) is 30.9 Å². The molecule has 0 aliphatic carbocycles. The zero-order valence-corrected chi connectivity index (χ0v) is 11.9. The first-order chi connectivity index (χ1) is 9.15. The van der Waals surface area contributed by atoms with Crippen molar-refractivity contribution in [3.05, 3.63) is 46.2 Å². The molecule has 19 heavy (non-hydrogen) atoms. The molecule has 1 aromatic carbocycles. The Balaban J connectivity index is 2.40. The van der Waals surface area contributed by atoms with E-state index in [-0.39, 0.29) is 6.01 Å². The standard InChI is InChI=1S/C13H7BrClN3O/c14-7-3-4-10-9(6-7)11(18-13(19)17-10)8-2-1-5-16-12(8)15/h1-6H,(H,17,18,19). The fourth-order valence-electron chi connectivity index (χ4n) is 1.86. The first-order valence-electron chi connectivity index (χ1n) is 5.42. The predicted octanol–water partition coefficient (Wildman–Crippen LogP) is 3.81. The van der Waals surface area contributed by atoms with Crippen LogP contribution >= 0.6 is 27.5 Å². The van der Waals surface area contributed by atoms with Gasteiger partial charge in [-0.15, -0.1) is 0 Å². The van der Waals surface area contributed by atoms with Crippen LogP contribution in [0, 0.1) is 0 Å². The molecule has 0 spiro atoms. The summed E-state index contributed by atoms with van der Waals surface area (Å²) in [7, 11) is 0. The molecule has 0 saturated carbocycles. The number of rotatable bonds is 1. The van der Waals surface area contributed by atoms with Crippen LogP contribution in [0.5, 0.6) is 6.01 Å². The Labute approximate surface area is 122 Å². The van der Waals surface area contributed by atoms with Gasteiger partial charge in [0, 0.05) is 21.6 Å². The lowest BCUT2D eigenvalue weighted by Crippen LogP contribution is -1.92. The fraction of sp³-hybridized carbons (Fsp3) is 0. The number of benzene rings is 1. The molecule has 2 aromatic heterocycles. The average Bonchev–Trinajstić information content (AvgIpc) is 2.39. The first-order valence-corrected chi connectivity index (χ1v) is 6.59. The number of aromatic hydroxyl groups is 1. The summed E-state index contributed by atoms with van der Waals surface area (Å²) in [6, 6.07) is 8.82. The van der Waals surface area contributed by atoms with E-state index in [9.17, 15) is 5.11 Å². The maximum atomic E-state index is 9.64. The van der Waals surface area contributed by atoms with E-state index >= 15 is 0 Å². The Kier molecular flexibility index (Phi) is 3.08. The van der Waals surface area contributed by atoms with Crippen molar-refractivity contribution in [1.82, 2.24) is 15.0 Å². The van der Waals surface area contributed by atoms with Gasteiger partial charge in [0.2, 0.25) is 0 Å². The molecule has 0 fully saturated rings. The Morgan fingerprint density at radius 1 is 1.16 bits per heavy atom. The predicted molar refractivity (Wildman–Crippen MR) is 77.1 cm³/mol. The number of aromatic nitrogens is 3. The summed E-state index contributed by atoms with van der Waals surface area (Å²) in [5.74, 6) is 0. The van der Waals surface area contributed by atoms with Crippen molar-refractivity contribution in [1.29, 1.82) is 0 Å². The highest BCUT2D eigenvalue weighted by Crippen LogP contribution is 2.32. The van der Waals surface area contributed by atoms with E-state index in [4.69, 9.17) is 11.6 Å². The molecule has 2 heterocycles. The Hall–Kier alpha value is -1.72. The van der Waals surface area contributed by atoms with E-state index in [1.165, 1.54) is 0 Å². The monoisotopic (exact) mass is 335 g/mol. The van der Waals surface area contributed by atoms with Gasteiger partial charge in [0.1, 0.15) is 5.15 Å². The Bertz CT molecular complexity index is 779. The minimum atomic E-state index is -0.287. The maximum absolute atomic E-state index is 9.64. The minimum absolute atomic E-state index is 0.287. The third-order valence-electron chi connectivity index (χ3n) is 2.66. The summed E-state index contributed by atoms with van der Waals surface area (Å²) in [4.78, 5) is 12.1. The van der Waals surface area contributed by atoms with Crippen LogP contribution in [-0.2, 0) is 0 Å². The summed E-state index contributed by atoms with van der Waals surface area (Å²) in [5, 5.41) is 10.8. The lowest BCUT2D eigenvalue weighted by atomic mass is 10.1. The second-order valence-corrected chi connectivity index (χ2v) is 5.15. The van der Waals surface area contributed by atoms with Gasteiger partial charge in [-0.25, -0.2) is 4.98 Å². The van der Waals surface area contributed by atoms with Gasteiger partial charge in [-0.2, -0.15) is 9.97 Å². The van der Waals surface area contributed by atoms with Gasteiger partial charge in [-0.1, -0.05) is 27.5 Å². The van der Waals surface area contributed by atoms with Gasteiger partial charge >= 0.3 is 6.01 Å². The largest absolute Gasteiger partial charge is 0.479 e. The van der Waals surface area contributed by atoms with E-state index < -0.39 is 0 Å². The van der Waals surface area contributed by atoms with Gasteiger partial charge in [0.25, 0.3) is 0 Å². The summed E-state index contributed by atoms with van der Waals surface area (Å²) in [6.07, 6.45) is 1.60. The highest BCUT2D eigenvalue weighted by atomic mass is 79.9. The molecule has 0 aliphatic heterocycles. The summed E-state index contributed by atoms with van der Waals surface area (Å²) in [6.45, 7) is 0. The molecule has 3 rings (SSSR count). The zero-order chi connectivity index (χ0) is 13.4. The molecule has 0 bridgehead atoms. The van der Waals surface area contributed by atoms with Crippen molar-refractivity contribution in [2.75, 3.05) is 0 Å². The number of halogens is 2. The lowest BCUT2D eigenvalue weighted by molar-refractivity contribution is 0.434. The number of nitrogens with zero attached hydrogens (tertiary/aromatic N) is 3.